The first-order valence-corrected chi connectivity index (χ1v) is 8.81. The van der Waals surface area contributed by atoms with Gasteiger partial charge >= 0.3 is 0 Å². The minimum Gasteiger partial charge on any atom is -0.324 e. The predicted molar refractivity (Wildman–Crippen MR) is 98.0 cm³/mol. The molecule has 1 aromatic carbocycles. The van der Waals surface area contributed by atoms with Crippen molar-refractivity contribution in [2.75, 3.05) is 13.1 Å². The molecule has 1 aliphatic heterocycles. The van der Waals surface area contributed by atoms with Crippen LogP contribution in [-0.4, -0.2) is 27.6 Å². The van der Waals surface area contributed by atoms with Crippen molar-refractivity contribution in [2.45, 2.75) is 33.2 Å². The summed E-state index contributed by atoms with van der Waals surface area (Å²) in [7, 11) is 0. The molecule has 4 nitrogen and oxygen atoms in total. The normalized spacial score (nSPS) is 15.9. The van der Waals surface area contributed by atoms with Crippen molar-refractivity contribution in [1.82, 2.24) is 19.9 Å². The van der Waals surface area contributed by atoms with Crippen molar-refractivity contribution in [3.8, 4) is 11.4 Å². The van der Waals surface area contributed by atoms with Crippen molar-refractivity contribution >= 4 is 11.0 Å². The molecular weight excluding hydrogens is 296 g/mol. The van der Waals surface area contributed by atoms with Crippen molar-refractivity contribution in [2.24, 2.45) is 5.92 Å². The Bertz CT molecular complexity index is 845. The topological polar surface area (TPSA) is 42.7 Å². The van der Waals surface area contributed by atoms with E-state index in [9.17, 15) is 0 Å². The Kier molecular flexibility index (Phi) is 4.07. The number of piperidine rings is 1. The van der Waals surface area contributed by atoms with Gasteiger partial charge in [-0.15, -0.1) is 0 Å². The summed E-state index contributed by atoms with van der Waals surface area (Å²) in [6.07, 6.45) is 6.17. The van der Waals surface area contributed by atoms with Crippen LogP contribution < -0.4 is 5.32 Å². The SMILES string of the molecule is Cc1cc2nc(-c3ccncc3)n(CC3CCNCC3)c2cc1C. The highest BCUT2D eigenvalue weighted by Gasteiger charge is 2.19. The van der Waals surface area contributed by atoms with Gasteiger partial charge < -0.3 is 9.88 Å². The van der Waals surface area contributed by atoms with E-state index in [4.69, 9.17) is 4.98 Å². The Balaban J connectivity index is 1.85. The van der Waals surface area contributed by atoms with Gasteiger partial charge in [0.1, 0.15) is 5.82 Å². The zero-order valence-electron chi connectivity index (χ0n) is 14.4. The second-order valence-corrected chi connectivity index (χ2v) is 6.90. The number of aromatic nitrogens is 3. The molecule has 1 aliphatic rings. The van der Waals surface area contributed by atoms with E-state index in [1.807, 2.05) is 12.4 Å². The van der Waals surface area contributed by atoms with E-state index in [1.54, 1.807) is 0 Å². The monoisotopic (exact) mass is 320 g/mol. The number of hydrogen-bond acceptors (Lipinski definition) is 3. The van der Waals surface area contributed by atoms with Crippen LogP contribution >= 0.6 is 0 Å². The molecule has 1 saturated heterocycles. The molecule has 0 saturated carbocycles. The third-order valence-electron chi connectivity index (χ3n) is 5.20. The quantitative estimate of drug-likeness (QED) is 0.800. The summed E-state index contributed by atoms with van der Waals surface area (Å²) in [4.78, 5) is 9.12. The standard InChI is InChI=1S/C20H24N4/c1-14-11-18-19(12-15(14)2)24(13-16-3-7-21-8-4-16)20(23-18)17-5-9-22-10-6-17/h5-6,9-12,16,21H,3-4,7-8,13H2,1-2H3. The second-order valence-electron chi connectivity index (χ2n) is 6.90. The van der Waals surface area contributed by atoms with Crippen LogP contribution in [-0.2, 0) is 6.54 Å². The third kappa shape index (κ3) is 2.82. The van der Waals surface area contributed by atoms with Gasteiger partial charge in [0.25, 0.3) is 0 Å². The van der Waals surface area contributed by atoms with Crippen molar-refractivity contribution in [3.63, 3.8) is 0 Å². The Morgan fingerprint density at radius 2 is 1.79 bits per heavy atom. The molecule has 3 heterocycles. The van der Waals surface area contributed by atoms with Crippen LogP contribution in [0.5, 0.6) is 0 Å². The van der Waals surface area contributed by atoms with Crippen LogP contribution in [0.2, 0.25) is 0 Å². The molecule has 24 heavy (non-hydrogen) atoms. The maximum absolute atomic E-state index is 4.97. The highest BCUT2D eigenvalue weighted by molar-refractivity contribution is 5.82. The molecule has 0 radical (unpaired) electrons. The number of fused-ring (bicyclic) bond motifs is 1. The van der Waals surface area contributed by atoms with Gasteiger partial charge in [-0.3, -0.25) is 4.98 Å². The largest absolute Gasteiger partial charge is 0.324 e. The van der Waals surface area contributed by atoms with Crippen molar-refractivity contribution in [1.29, 1.82) is 0 Å². The summed E-state index contributed by atoms with van der Waals surface area (Å²) in [5, 5.41) is 3.46. The number of nitrogens with one attached hydrogen (secondary N) is 1. The molecule has 124 valence electrons. The molecule has 0 atom stereocenters. The van der Waals surface area contributed by atoms with Gasteiger partial charge in [-0.1, -0.05) is 0 Å². The maximum atomic E-state index is 4.97. The Morgan fingerprint density at radius 1 is 1.08 bits per heavy atom. The fraction of sp³-hybridized carbons (Fsp3) is 0.400. The lowest BCUT2D eigenvalue weighted by Crippen LogP contribution is -2.30. The van der Waals surface area contributed by atoms with E-state index in [1.165, 1.54) is 29.5 Å². The molecule has 1 fully saturated rings. The van der Waals surface area contributed by atoms with Crippen LogP contribution in [0.15, 0.2) is 36.7 Å². The average molecular weight is 320 g/mol. The summed E-state index contributed by atoms with van der Waals surface area (Å²) in [6.45, 7) is 7.63. The summed E-state index contributed by atoms with van der Waals surface area (Å²) in [5.74, 6) is 1.78. The predicted octanol–water partition coefficient (Wildman–Crippen LogP) is 3.71. The maximum Gasteiger partial charge on any atom is 0.141 e. The Labute approximate surface area is 142 Å². The lowest BCUT2D eigenvalue weighted by molar-refractivity contribution is 0.337. The fourth-order valence-corrected chi connectivity index (χ4v) is 3.61. The van der Waals surface area contributed by atoms with Gasteiger partial charge in [0.15, 0.2) is 0 Å². The van der Waals surface area contributed by atoms with Crippen LogP contribution in [0.4, 0.5) is 0 Å². The minimum absolute atomic E-state index is 0.714. The van der Waals surface area contributed by atoms with Crippen molar-refractivity contribution < 1.29 is 0 Å². The summed E-state index contributed by atoms with van der Waals surface area (Å²) in [6, 6.07) is 8.62. The molecule has 0 spiro atoms. The number of hydrogen-bond donors (Lipinski definition) is 1. The van der Waals surface area contributed by atoms with Crippen LogP contribution in [0.1, 0.15) is 24.0 Å². The third-order valence-corrected chi connectivity index (χ3v) is 5.20. The number of benzene rings is 1. The van der Waals surface area contributed by atoms with E-state index >= 15 is 0 Å². The molecule has 4 rings (SSSR count). The zero-order valence-corrected chi connectivity index (χ0v) is 14.4. The van der Waals surface area contributed by atoms with Crippen molar-refractivity contribution in [3.05, 3.63) is 47.8 Å². The first-order valence-electron chi connectivity index (χ1n) is 8.81. The number of nitrogens with zero attached hydrogens (tertiary/aromatic N) is 3. The molecule has 1 N–H and O–H groups in total. The molecule has 0 aliphatic carbocycles. The molecule has 0 amide bonds. The van der Waals surface area contributed by atoms with Gasteiger partial charge in [0.05, 0.1) is 11.0 Å². The number of rotatable bonds is 3. The minimum atomic E-state index is 0.714. The Hall–Kier alpha value is -2.20. The van der Waals surface area contributed by atoms with Gasteiger partial charge in [-0.05, 0) is 81.1 Å². The van der Waals surface area contributed by atoms with Gasteiger partial charge in [-0.25, -0.2) is 4.98 Å². The first kappa shape index (κ1) is 15.3. The molecule has 2 aromatic heterocycles. The van der Waals surface area contributed by atoms with E-state index in [0.29, 0.717) is 5.92 Å². The summed E-state index contributed by atoms with van der Waals surface area (Å²) < 4.78 is 2.42. The highest BCUT2D eigenvalue weighted by Crippen LogP contribution is 2.29. The Morgan fingerprint density at radius 3 is 2.54 bits per heavy atom. The van der Waals surface area contributed by atoms with E-state index in [2.05, 4.69) is 53.0 Å². The number of imidazole rings is 1. The highest BCUT2D eigenvalue weighted by atomic mass is 15.1. The van der Waals surface area contributed by atoms with E-state index in [0.717, 1.165) is 36.5 Å². The molecule has 0 unspecified atom stereocenters. The summed E-state index contributed by atoms with van der Waals surface area (Å²) in [5.41, 5.74) is 6.12. The number of aryl methyl sites for hydroxylation is 2. The van der Waals surface area contributed by atoms with Crippen LogP contribution in [0.3, 0.4) is 0 Å². The van der Waals surface area contributed by atoms with Crippen LogP contribution in [0.25, 0.3) is 22.4 Å². The van der Waals surface area contributed by atoms with Gasteiger partial charge in [0.2, 0.25) is 0 Å². The lowest BCUT2D eigenvalue weighted by Gasteiger charge is -2.24. The smallest absolute Gasteiger partial charge is 0.141 e. The molecule has 3 aromatic rings. The zero-order chi connectivity index (χ0) is 16.5. The lowest BCUT2D eigenvalue weighted by atomic mass is 9.98. The molecule has 4 heteroatoms. The molecule has 0 bridgehead atoms. The number of pyridine rings is 1. The van der Waals surface area contributed by atoms with Crippen LogP contribution in [0, 0.1) is 19.8 Å². The van der Waals surface area contributed by atoms with E-state index < -0.39 is 0 Å². The summed E-state index contributed by atoms with van der Waals surface area (Å²) >= 11 is 0. The molecular formula is C20H24N4. The average Bonchev–Trinajstić information content (AvgIpc) is 2.95. The first-order chi connectivity index (χ1) is 11.7. The van der Waals surface area contributed by atoms with Gasteiger partial charge in [-0.2, -0.15) is 0 Å². The second kappa shape index (κ2) is 6.36. The fourth-order valence-electron chi connectivity index (χ4n) is 3.61. The van der Waals surface area contributed by atoms with E-state index in [-0.39, 0.29) is 0 Å². The van der Waals surface area contributed by atoms with Gasteiger partial charge in [0, 0.05) is 24.5 Å².